The molecule has 1 aromatic heterocycles. The molecule has 0 bridgehead atoms. The van der Waals surface area contributed by atoms with Crippen LogP contribution in [0.5, 0.6) is 0 Å². The minimum absolute atomic E-state index is 0.304. The van der Waals surface area contributed by atoms with Gasteiger partial charge in [-0.15, -0.1) is 0 Å². The highest BCUT2D eigenvalue weighted by atomic mass is 16.6. The van der Waals surface area contributed by atoms with Gasteiger partial charge in [-0.25, -0.2) is 9.55 Å². The molecule has 0 aliphatic carbocycles. The van der Waals surface area contributed by atoms with Gasteiger partial charge in [0.05, 0.1) is 0 Å². The Labute approximate surface area is 77.2 Å². The lowest BCUT2D eigenvalue weighted by Gasteiger charge is -1.98. The summed E-state index contributed by atoms with van der Waals surface area (Å²) in [6.07, 6.45) is 1.05. The Kier molecular flexibility index (Phi) is 1.74. The molecule has 1 heterocycles. The summed E-state index contributed by atoms with van der Waals surface area (Å²) < 4.78 is 14.8. The van der Waals surface area contributed by atoms with Crippen molar-refractivity contribution in [3.8, 4) is 0 Å². The summed E-state index contributed by atoms with van der Waals surface area (Å²) in [4.78, 5) is 24.7. The first-order valence-electron chi connectivity index (χ1n) is 4.62. The van der Waals surface area contributed by atoms with Crippen molar-refractivity contribution >= 4 is 11.6 Å². The molecular weight excluding hydrogens is 174 g/mol. The van der Waals surface area contributed by atoms with Crippen molar-refractivity contribution in [2.24, 2.45) is 0 Å². The SMILES string of the molecule is [2H]C([2H])C(=O)Cn1c([N+](=O)[O-])cnc1C. The third-order valence-electron chi connectivity index (χ3n) is 1.54. The average Bonchev–Trinajstić information content (AvgIpc) is 2.48. The highest BCUT2D eigenvalue weighted by molar-refractivity contribution is 5.75. The maximum absolute atomic E-state index is 11.1. The molecule has 0 atom stereocenters. The van der Waals surface area contributed by atoms with Crippen molar-refractivity contribution in [2.75, 3.05) is 0 Å². The van der Waals surface area contributed by atoms with Crippen LogP contribution in [0.4, 0.5) is 5.82 Å². The van der Waals surface area contributed by atoms with Crippen LogP contribution in [0, 0.1) is 17.0 Å². The molecular formula is C7H9N3O3. The van der Waals surface area contributed by atoms with Gasteiger partial charge >= 0.3 is 5.82 Å². The summed E-state index contributed by atoms with van der Waals surface area (Å²) in [5.74, 6) is -0.698. The van der Waals surface area contributed by atoms with Gasteiger partial charge in [-0.2, -0.15) is 0 Å². The Morgan fingerprint density at radius 1 is 1.92 bits per heavy atom. The number of carbonyl (C=O) groups excluding carboxylic acids is 1. The second kappa shape index (κ2) is 3.34. The first-order valence-corrected chi connectivity index (χ1v) is 3.47. The van der Waals surface area contributed by atoms with Crippen LogP contribution >= 0.6 is 0 Å². The van der Waals surface area contributed by atoms with E-state index in [2.05, 4.69) is 4.98 Å². The predicted octanol–water partition coefficient (Wildman–Crippen LogP) is 0.689. The molecule has 1 aromatic rings. The molecule has 0 unspecified atom stereocenters. The third kappa shape index (κ3) is 1.90. The number of carbonyl (C=O) groups is 1. The van der Waals surface area contributed by atoms with E-state index in [1.54, 1.807) is 0 Å². The monoisotopic (exact) mass is 185 g/mol. The van der Waals surface area contributed by atoms with Gasteiger partial charge in [0.2, 0.25) is 0 Å². The number of imidazole rings is 1. The van der Waals surface area contributed by atoms with Crippen LogP contribution in [-0.4, -0.2) is 20.3 Å². The van der Waals surface area contributed by atoms with E-state index in [4.69, 9.17) is 2.74 Å². The minimum atomic E-state index is -1.63. The fourth-order valence-corrected chi connectivity index (χ4v) is 0.953. The maximum atomic E-state index is 11.1. The molecule has 0 radical (unpaired) electrons. The van der Waals surface area contributed by atoms with E-state index < -0.39 is 17.6 Å². The van der Waals surface area contributed by atoms with E-state index in [1.807, 2.05) is 0 Å². The molecule has 1 rings (SSSR count). The quantitative estimate of drug-likeness (QED) is 0.512. The Balaban J connectivity index is 2.98. The topological polar surface area (TPSA) is 78.0 Å². The lowest BCUT2D eigenvalue weighted by Crippen LogP contribution is -2.10. The lowest BCUT2D eigenvalue weighted by molar-refractivity contribution is -0.392. The Morgan fingerprint density at radius 3 is 3.15 bits per heavy atom. The van der Waals surface area contributed by atoms with E-state index in [0.717, 1.165) is 10.8 Å². The maximum Gasteiger partial charge on any atom is 0.343 e. The summed E-state index contributed by atoms with van der Waals surface area (Å²) in [6, 6.07) is 0. The summed E-state index contributed by atoms with van der Waals surface area (Å²) in [5.41, 5.74) is 0. The number of aromatic nitrogens is 2. The van der Waals surface area contributed by atoms with Crippen LogP contribution in [-0.2, 0) is 11.3 Å². The van der Waals surface area contributed by atoms with Crippen LogP contribution < -0.4 is 0 Å². The Bertz CT molecular complexity index is 402. The van der Waals surface area contributed by atoms with Crippen molar-refractivity contribution in [1.82, 2.24) is 9.55 Å². The zero-order valence-corrected chi connectivity index (χ0v) is 6.93. The summed E-state index contributed by atoms with van der Waals surface area (Å²) in [5, 5.41) is 10.5. The van der Waals surface area contributed by atoms with Crippen LogP contribution in [0.3, 0.4) is 0 Å². The Hall–Kier alpha value is -1.72. The zero-order chi connectivity index (χ0) is 11.6. The number of hydrogen-bond donors (Lipinski definition) is 0. The molecule has 6 heteroatoms. The van der Waals surface area contributed by atoms with E-state index in [9.17, 15) is 14.9 Å². The van der Waals surface area contributed by atoms with Crippen LogP contribution in [0.15, 0.2) is 6.20 Å². The molecule has 0 aliphatic rings. The molecule has 0 fully saturated rings. The van der Waals surface area contributed by atoms with E-state index in [1.165, 1.54) is 6.92 Å². The van der Waals surface area contributed by atoms with Crippen molar-refractivity contribution < 1.29 is 12.5 Å². The number of rotatable bonds is 3. The molecule has 0 saturated heterocycles. The zero-order valence-electron chi connectivity index (χ0n) is 8.93. The highest BCUT2D eigenvalue weighted by Gasteiger charge is 2.17. The van der Waals surface area contributed by atoms with Gasteiger partial charge in [0.1, 0.15) is 6.20 Å². The van der Waals surface area contributed by atoms with Crippen molar-refractivity contribution in [2.45, 2.75) is 20.3 Å². The number of ketones is 1. The number of Topliss-reactive ketones (excluding diaryl/α,β-unsaturated/α-hetero) is 1. The summed E-state index contributed by atoms with van der Waals surface area (Å²) >= 11 is 0. The molecule has 13 heavy (non-hydrogen) atoms. The number of aryl methyl sites for hydroxylation is 1. The second-order valence-corrected chi connectivity index (χ2v) is 2.47. The molecule has 6 nitrogen and oxygen atoms in total. The largest absolute Gasteiger partial charge is 0.358 e. The number of hydrogen-bond acceptors (Lipinski definition) is 4. The molecule has 0 aromatic carbocycles. The van der Waals surface area contributed by atoms with Crippen molar-refractivity contribution in [3.05, 3.63) is 22.1 Å². The van der Waals surface area contributed by atoms with Crippen LogP contribution in [0.25, 0.3) is 0 Å². The molecule has 0 N–H and O–H groups in total. The van der Waals surface area contributed by atoms with E-state index in [-0.39, 0.29) is 12.4 Å². The van der Waals surface area contributed by atoms with Crippen molar-refractivity contribution in [1.29, 1.82) is 0 Å². The Morgan fingerprint density at radius 2 is 2.62 bits per heavy atom. The standard InChI is InChI=1S/C7H9N3O3/c1-5(11)4-9-6(2)8-3-7(9)10(12)13/h3H,4H2,1-2H3/i1D2. The first-order chi connectivity index (χ1) is 6.93. The predicted molar refractivity (Wildman–Crippen MR) is 44.3 cm³/mol. The van der Waals surface area contributed by atoms with Crippen molar-refractivity contribution in [3.63, 3.8) is 0 Å². The van der Waals surface area contributed by atoms with Gasteiger partial charge in [0.15, 0.2) is 18.2 Å². The van der Waals surface area contributed by atoms with Gasteiger partial charge in [-0.1, -0.05) is 0 Å². The van der Waals surface area contributed by atoms with Gasteiger partial charge in [0.25, 0.3) is 0 Å². The van der Waals surface area contributed by atoms with Gasteiger partial charge in [0, 0.05) is 9.67 Å². The van der Waals surface area contributed by atoms with Gasteiger partial charge < -0.3 is 10.1 Å². The molecule has 70 valence electrons. The van der Waals surface area contributed by atoms with Crippen LogP contribution in [0.1, 0.15) is 15.4 Å². The smallest absolute Gasteiger partial charge is 0.343 e. The van der Waals surface area contributed by atoms with Gasteiger partial charge in [-0.3, -0.25) is 4.79 Å². The minimum Gasteiger partial charge on any atom is -0.358 e. The first kappa shape index (κ1) is 6.76. The third-order valence-corrected chi connectivity index (χ3v) is 1.54. The highest BCUT2D eigenvalue weighted by Crippen LogP contribution is 2.12. The average molecular weight is 185 g/mol. The number of nitro groups is 1. The molecule has 0 saturated carbocycles. The van der Waals surface area contributed by atoms with E-state index >= 15 is 0 Å². The second-order valence-electron chi connectivity index (χ2n) is 2.47. The fraction of sp³-hybridized carbons (Fsp3) is 0.429. The van der Waals surface area contributed by atoms with E-state index in [0.29, 0.717) is 5.82 Å². The summed E-state index contributed by atoms with van der Waals surface area (Å²) in [6.45, 7) is -0.477. The normalized spacial score (nSPS) is 12.5. The fourth-order valence-electron chi connectivity index (χ4n) is 0.953. The number of nitrogens with zero attached hydrogens (tertiary/aromatic N) is 3. The lowest BCUT2D eigenvalue weighted by atomic mass is 10.4. The molecule has 0 aliphatic heterocycles. The molecule has 0 amide bonds. The molecule has 0 spiro atoms. The summed E-state index contributed by atoms with van der Waals surface area (Å²) in [7, 11) is 0. The van der Waals surface area contributed by atoms with Gasteiger partial charge in [-0.05, 0) is 11.8 Å². The van der Waals surface area contributed by atoms with Crippen LogP contribution in [0.2, 0.25) is 0 Å².